The maximum Gasteiger partial charge on any atom is 0.310 e. The molecule has 0 fully saturated rings. The standard InChI is InChI=1S/C17H15NO4/c1-20-13-8-6-12(7-9-13)10-17(19)21-11-16-18-14-4-2-3-5-15(14)22-16/h2-9H,10-11H2,1H3. The fourth-order valence-electron chi connectivity index (χ4n) is 2.08. The van der Waals surface area contributed by atoms with Gasteiger partial charge in [0.1, 0.15) is 11.3 Å². The Bertz CT molecular complexity index is 744. The molecule has 0 bridgehead atoms. The number of hydrogen-bond donors (Lipinski definition) is 0. The zero-order valence-electron chi connectivity index (χ0n) is 12.1. The Morgan fingerprint density at radius 3 is 2.64 bits per heavy atom. The molecule has 0 aliphatic rings. The second-order valence-electron chi connectivity index (χ2n) is 4.76. The highest BCUT2D eigenvalue weighted by Crippen LogP contribution is 2.16. The second-order valence-corrected chi connectivity index (χ2v) is 4.76. The van der Waals surface area contributed by atoms with Gasteiger partial charge in [-0.2, -0.15) is 0 Å². The predicted octanol–water partition coefficient (Wildman–Crippen LogP) is 3.12. The minimum atomic E-state index is -0.326. The number of benzene rings is 2. The maximum absolute atomic E-state index is 11.8. The van der Waals surface area contributed by atoms with E-state index in [0.29, 0.717) is 11.5 Å². The van der Waals surface area contributed by atoms with E-state index < -0.39 is 0 Å². The van der Waals surface area contributed by atoms with Gasteiger partial charge in [-0.25, -0.2) is 4.98 Å². The molecule has 5 heteroatoms. The third-order valence-corrected chi connectivity index (χ3v) is 3.20. The number of methoxy groups -OCH3 is 1. The van der Waals surface area contributed by atoms with Gasteiger partial charge in [-0.05, 0) is 29.8 Å². The van der Waals surface area contributed by atoms with E-state index in [1.54, 1.807) is 7.11 Å². The lowest BCUT2D eigenvalue weighted by Crippen LogP contribution is -2.08. The van der Waals surface area contributed by atoms with E-state index >= 15 is 0 Å². The van der Waals surface area contributed by atoms with Gasteiger partial charge in [0.05, 0.1) is 13.5 Å². The molecule has 0 atom stereocenters. The lowest BCUT2D eigenvalue weighted by atomic mass is 10.1. The van der Waals surface area contributed by atoms with Gasteiger partial charge in [0.25, 0.3) is 0 Å². The summed E-state index contributed by atoms with van der Waals surface area (Å²) < 4.78 is 15.8. The molecule has 22 heavy (non-hydrogen) atoms. The smallest absolute Gasteiger partial charge is 0.310 e. The molecule has 0 saturated carbocycles. The fourth-order valence-corrected chi connectivity index (χ4v) is 2.08. The highest BCUT2D eigenvalue weighted by atomic mass is 16.5. The summed E-state index contributed by atoms with van der Waals surface area (Å²) in [4.78, 5) is 16.1. The summed E-state index contributed by atoms with van der Waals surface area (Å²) >= 11 is 0. The summed E-state index contributed by atoms with van der Waals surface area (Å²) in [6.07, 6.45) is 0.199. The van der Waals surface area contributed by atoms with E-state index in [9.17, 15) is 4.79 Å². The van der Waals surface area contributed by atoms with E-state index in [1.807, 2.05) is 48.5 Å². The largest absolute Gasteiger partial charge is 0.497 e. The van der Waals surface area contributed by atoms with Crippen LogP contribution < -0.4 is 4.74 Å². The van der Waals surface area contributed by atoms with Crippen molar-refractivity contribution in [1.82, 2.24) is 4.98 Å². The Hall–Kier alpha value is -2.82. The molecule has 3 aromatic rings. The molecule has 2 aromatic carbocycles. The zero-order valence-corrected chi connectivity index (χ0v) is 12.1. The van der Waals surface area contributed by atoms with Gasteiger partial charge in [0.2, 0.25) is 5.89 Å². The quantitative estimate of drug-likeness (QED) is 0.677. The highest BCUT2D eigenvalue weighted by Gasteiger charge is 2.09. The third-order valence-electron chi connectivity index (χ3n) is 3.20. The minimum absolute atomic E-state index is 0.0314. The van der Waals surface area contributed by atoms with Crippen molar-refractivity contribution in [2.24, 2.45) is 0 Å². The summed E-state index contributed by atoms with van der Waals surface area (Å²) in [5.41, 5.74) is 2.30. The van der Waals surface area contributed by atoms with Crippen LogP contribution in [-0.4, -0.2) is 18.1 Å². The third kappa shape index (κ3) is 3.25. The van der Waals surface area contributed by atoms with Gasteiger partial charge >= 0.3 is 5.97 Å². The number of fused-ring (bicyclic) bond motifs is 1. The number of aromatic nitrogens is 1. The van der Waals surface area contributed by atoms with Crippen LogP contribution in [0.2, 0.25) is 0 Å². The number of nitrogens with zero attached hydrogens (tertiary/aromatic N) is 1. The van der Waals surface area contributed by atoms with E-state index in [4.69, 9.17) is 13.9 Å². The van der Waals surface area contributed by atoms with Gasteiger partial charge in [0.15, 0.2) is 12.2 Å². The zero-order chi connectivity index (χ0) is 15.4. The van der Waals surface area contributed by atoms with Crippen LogP contribution in [0, 0.1) is 0 Å². The van der Waals surface area contributed by atoms with Crippen molar-refractivity contribution in [3.8, 4) is 5.75 Å². The van der Waals surface area contributed by atoms with Crippen LogP contribution in [0.15, 0.2) is 52.9 Å². The molecule has 0 aliphatic heterocycles. The van der Waals surface area contributed by atoms with E-state index in [2.05, 4.69) is 4.98 Å². The SMILES string of the molecule is COc1ccc(CC(=O)OCc2nc3ccccc3o2)cc1. The number of oxazole rings is 1. The first-order valence-corrected chi connectivity index (χ1v) is 6.87. The molecule has 112 valence electrons. The monoisotopic (exact) mass is 297 g/mol. The van der Waals surface area contributed by atoms with Gasteiger partial charge in [0, 0.05) is 0 Å². The number of carbonyl (C=O) groups is 1. The topological polar surface area (TPSA) is 61.6 Å². The average molecular weight is 297 g/mol. The van der Waals surface area contributed by atoms with Crippen molar-refractivity contribution in [1.29, 1.82) is 0 Å². The molecule has 0 N–H and O–H groups in total. The Morgan fingerprint density at radius 2 is 1.91 bits per heavy atom. The first kappa shape index (κ1) is 14.1. The average Bonchev–Trinajstić information content (AvgIpc) is 2.96. The second kappa shape index (κ2) is 6.30. The Kier molecular flexibility index (Phi) is 4.05. The summed E-state index contributed by atoms with van der Waals surface area (Å²) in [5.74, 6) is 0.820. The summed E-state index contributed by atoms with van der Waals surface area (Å²) in [5, 5.41) is 0. The normalized spacial score (nSPS) is 10.6. The van der Waals surface area contributed by atoms with Crippen molar-refractivity contribution < 1.29 is 18.7 Å². The molecule has 3 rings (SSSR count). The number of carbonyl (C=O) groups excluding carboxylic acids is 1. The van der Waals surface area contributed by atoms with Gasteiger partial charge in [-0.3, -0.25) is 4.79 Å². The molecule has 1 heterocycles. The molecular formula is C17H15NO4. The predicted molar refractivity (Wildman–Crippen MR) is 80.5 cm³/mol. The molecule has 0 unspecified atom stereocenters. The van der Waals surface area contributed by atoms with Crippen molar-refractivity contribution in [3.05, 3.63) is 60.0 Å². The molecule has 0 saturated heterocycles. The Labute approximate surface area is 127 Å². The first-order valence-electron chi connectivity index (χ1n) is 6.87. The molecule has 0 spiro atoms. The summed E-state index contributed by atoms with van der Waals surface area (Å²) in [7, 11) is 1.60. The summed E-state index contributed by atoms with van der Waals surface area (Å²) in [6, 6.07) is 14.7. The van der Waals surface area contributed by atoms with E-state index in [0.717, 1.165) is 16.8 Å². The highest BCUT2D eigenvalue weighted by molar-refractivity contribution is 5.73. The van der Waals surface area contributed by atoms with Crippen LogP contribution in [0.25, 0.3) is 11.1 Å². The Balaban J connectivity index is 1.57. The van der Waals surface area contributed by atoms with E-state index in [-0.39, 0.29) is 19.0 Å². The van der Waals surface area contributed by atoms with Crippen LogP contribution in [0.1, 0.15) is 11.5 Å². The number of hydrogen-bond acceptors (Lipinski definition) is 5. The molecular weight excluding hydrogens is 282 g/mol. The molecule has 5 nitrogen and oxygen atoms in total. The lowest BCUT2D eigenvalue weighted by molar-refractivity contribution is -0.144. The maximum atomic E-state index is 11.8. The molecule has 1 aromatic heterocycles. The minimum Gasteiger partial charge on any atom is -0.497 e. The van der Waals surface area contributed by atoms with Gasteiger partial charge in [-0.1, -0.05) is 24.3 Å². The summed E-state index contributed by atoms with van der Waals surface area (Å²) in [6.45, 7) is 0.0314. The molecule has 0 amide bonds. The van der Waals surface area contributed by atoms with Gasteiger partial charge < -0.3 is 13.9 Å². The lowest BCUT2D eigenvalue weighted by Gasteiger charge is -2.04. The van der Waals surface area contributed by atoms with Crippen molar-refractivity contribution in [2.45, 2.75) is 13.0 Å². The molecule has 0 radical (unpaired) electrons. The van der Waals surface area contributed by atoms with Crippen LogP contribution in [0.5, 0.6) is 5.75 Å². The number of ether oxygens (including phenoxy) is 2. The number of esters is 1. The number of para-hydroxylation sites is 2. The first-order chi connectivity index (χ1) is 10.7. The fraction of sp³-hybridized carbons (Fsp3) is 0.176. The van der Waals surface area contributed by atoms with Gasteiger partial charge in [-0.15, -0.1) is 0 Å². The van der Waals surface area contributed by atoms with Crippen LogP contribution >= 0.6 is 0 Å². The van der Waals surface area contributed by atoms with Crippen molar-refractivity contribution in [2.75, 3.05) is 7.11 Å². The van der Waals surface area contributed by atoms with E-state index in [1.165, 1.54) is 0 Å². The number of rotatable bonds is 5. The Morgan fingerprint density at radius 1 is 1.14 bits per heavy atom. The van der Waals surface area contributed by atoms with Crippen molar-refractivity contribution in [3.63, 3.8) is 0 Å². The molecule has 0 aliphatic carbocycles. The van der Waals surface area contributed by atoms with Crippen molar-refractivity contribution >= 4 is 17.1 Å². The van der Waals surface area contributed by atoms with Crippen LogP contribution in [0.3, 0.4) is 0 Å². The van der Waals surface area contributed by atoms with Crippen LogP contribution in [-0.2, 0) is 22.6 Å². The van der Waals surface area contributed by atoms with Crippen LogP contribution in [0.4, 0.5) is 0 Å².